The van der Waals surface area contributed by atoms with E-state index in [4.69, 9.17) is 21.7 Å². The van der Waals surface area contributed by atoms with Crippen molar-refractivity contribution in [3.8, 4) is 11.5 Å². The van der Waals surface area contributed by atoms with Gasteiger partial charge in [-0.1, -0.05) is 68.2 Å². The minimum atomic E-state index is -0.0746. The minimum Gasteiger partial charge on any atom is -0.493 e. The van der Waals surface area contributed by atoms with E-state index in [1.807, 2.05) is 30.3 Å². The highest BCUT2D eigenvalue weighted by molar-refractivity contribution is 8.26. The summed E-state index contributed by atoms with van der Waals surface area (Å²) in [5.41, 5.74) is 3.36. The molecule has 2 aromatic carbocycles. The number of carbonyl (C=O) groups is 1. The summed E-state index contributed by atoms with van der Waals surface area (Å²) in [6.45, 7) is 11.7. The van der Waals surface area contributed by atoms with E-state index in [1.165, 1.54) is 22.9 Å². The molecule has 1 heterocycles. The molecule has 2 aromatic rings. The fourth-order valence-electron chi connectivity index (χ4n) is 3.27. The van der Waals surface area contributed by atoms with Crippen LogP contribution in [0.3, 0.4) is 0 Å². The van der Waals surface area contributed by atoms with Crippen LogP contribution in [-0.2, 0) is 4.79 Å². The van der Waals surface area contributed by atoms with Crippen molar-refractivity contribution in [1.29, 1.82) is 0 Å². The summed E-state index contributed by atoms with van der Waals surface area (Å²) in [5.74, 6) is 2.10. The van der Waals surface area contributed by atoms with Crippen molar-refractivity contribution in [2.24, 2.45) is 0 Å². The number of carbonyl (C=O) groups excluding carboxylic acids is 1. The first-order valence-corrected chi connectivity index (χ1v) is 11.9. The number of ether oxygens (including phenoxy) is 2. The summed E-state index contributed by atoms with van der Waals surface area (Å²) in [4.78, 5) is 14.6. The molecule has 3 rings (SSSR count). The summed E-state index contributed by atoms with van der Waals surface area (Å²) in [7, 11) is 0. The second-order valence-corrected chi connectivity index (χ2v) is 9.57. The SMILES string of the molecule is C=CCN1C(=O)C(=Cc2ccc(OCCCOc3cc(C)ccc3C(C)C)cc2)SC1=S. The first-order chi connectivity index (χ1) is 15.4. The van der Waals surface area contributed by atoms with Gasteiger partial charge in [0.15, 0.2) is 0 Å². The zero-order valence-corrected chi connectivity index (χ0v) is 20.4. The average molecular weight is 468 g/mol. The van der Waals surface area contributed by atoms with Gasteiger partial charge in [-0.15, -0.1) is 6.58 Å². The van der Waals surface area contributed by atoms with Gasteiger partial charge < -0.3 is 9.47 Å². The first kappa shape index (κ1) is 24.1. The van der Waals surface area contributed by atoms with Gasteiger partial charge in [0.2, 0.25) is 0 Å². The zero-order valence-electron chi connectivity index (χ0n) is 18.8. The van der Waals surface area contributed by atoms with E-state index in [9.17, 15) is 4.79 Å². The summed E-state index contributed by atoms with van der Waals surface area (Å²) in [5, 5.41) is 0. The lowest BCUT2D eigenvalue weighted by atomic mass is 10.0. The van der Waals surface area contributed by atoms with E-state index in [0.717, 1.165) is 23.5 Å². The quantitative estimate of drug-likeness (QED) is 0.176. The first-order valence-electron chi connectivity index (χ1n) is 10.7. The van der Waals surface area contributed by atoms with Gasteiger partial charge in [-0.3, -0.25) is 9.69 Å². The molecule has 32 heavy (non-hydrogen) atoms. The number of benzene rings is 2. The third-order valence-electron chi connectivity index (χ3n) is 4.97. The van der Waals surface area contributed by atoms with Crippen LogP contribution >= 0.6 is 24.0 Å². The molecule has 1 aliphatic rings. The van der Waals surface area contributed by atoms with Crippen molar-refractivity contribution in [3.63, 3.8) is 0 Å². The van der Waals surface area contributed by atoms with Crippen molar-refractivity contribution >= 4 is 40.3 Å². The predicted molar refractivity (Wildman–Crippen MR) is 137 cm³/mol. The smallest absolute Gasteiger partial charge is 0.266 e. The molecule has 1 amide bonds. The Morgan fingerprint density at radius 2 is 1.84 bits per heavy atom. The van der Waals surface area contributed by atoms with E-state index in [-0.39, 0.29) is 5.91 Å². The lowest BCUT2D eigenvalue weighted by molar-refractivity contribution is -0.121. The van der Waals surface area contributed by atoms with E-state index >= 15 is 0 Å². The Hall–Kier alpha value is -2.57. The maximum Gasteiger partial charge on any atom is 0.266 e. The van der Waals surface area contributed by atoms with E-state index in [2.05, 4.69) is 45.5 Å². The lowest BCUT2D eigenvalue weighted by Gasteiger charge is -2.15. The van der Waals surface area contributed by atoms with Crippen LogP contribution in [0.5, 0.6) is 11.5 Å². The van der Waals surface area contributed by atoms with Crippen molar-refractivity contribution < 1.29 is 14.3 Å². The molecule has 0 spiro atoms. The average Bonchev–Trinajstić information content (AvgIpc) is 3.02. The number of thiocarbonyl (C=S) groups is 1. The molecule has 0 unspecified atom stereocenters. The summed E-state index contributed by atoms with van der Waals surface area (Å²) in [6, 6.07) is 14.1. The number of amides is 1. The van der Waals surface area contributed by atoms with Gasteiger partial charge in [0.1, 0.15) is 15.8 Å². The van der Waals surface area contributed by atoms with Gasteiger partial charge in [0, 0.05) is 13.0 Å². The van der Waals surface area contributed by atoms with Crippen LogP contribution in [0.25, 0.3) is 6.08 Å². The van der Waals surface area contributed by atoms with Gasteiger partial charge in [0.25, 0.3) is 5.91 Å². The molecule has 0 bridgehead atoms. The van der Waals surface area contributed by atoms with Gasteiger partial charge in [-0.25, -0.2) is 0 Å². The standard InChI is InChI=1S/C26H29NO3S2/c1-5-13-27-25(28)24(32-26(27)31)17-20-8-10-21(11-9-20)29-14-6-15-30-23-16-19(4)7-12-22(23)18(2)3/h5,7-12,16-18H,1,6,13-15H2,2-4H3. The zero-order chi connectivity index (χ0) is 23.1. The Balaban J connectivity index is 1.48. The third-order valence-corrected chi connectivity index (χ3v) is 6.35. The number of hydrogen-bond donors (Lipinski definition) is 0. The third kappa shape index (κ3) is 6.24. The Kier molecular flexibility index (Phi) is 8.53. The summed E-state index contributed by atoms with van der Waals surface area (Å²) >= 11 is 6.59. The Morgan fingerprint density at radius 1 is 1.12 bits per heavy atom. The van der Waals surface area contributed by atoms with Crippen molar-refractivity contribution in [2.75, 3.05) is 19.8 Å². The Morgan fingerprint density at radius 3 is 2.53 bits per heavy atom. The van der Waals surface area contributed by atoms with Gasteiger partial charge in [-0.05, 0) is 53.8 Å². The summed E-state index contributed by atoms with van der Waals surface area (Å²) < 4.78 is 12.4. The van der Waals surface area contributed by atoms with Crippen LogP contribution in [0.1, 0.15) is 42.9 Å². The van der Waals surface area contributed by atoms with Crippen molar-refractivity contribution in [3.05, 3.63) is 76.7 Å². The summed E-state index contributed by atoms with van der Waals surface area (Å²) in [6.07, 6.45) is 4.32. The molecule has 0 radical (unpaired) electrons. The monoisotopic (exact) mass is 467 g/mol. The van der Waals surface area contributed by atoms with E-state index < -0.39 is 0 Å². The second-order valence-electron chi connectivity index (χ2n) is 7.90. The molecule has 0 aliphatic carbocycles. The largest absolute Gasteiger partial charge is 0.493 e. The molecule has 0 saturated carbocycles. The lowest BCUT2D eigenvalue weighted by Crippen LogP contribution is -2.27. The van der Waals surface area contributed by atoms with Crippen LogP contribution in [0.4, 0.5) is 0 Å². The maximum atomic E-state index is 12.4. The van der Waals surface area contributed by atoms with E-state index in [1.54, 1.807) is 11.0 Å². The molecule has 1 fully saturated rings. The molecule has 168 valence electrons. The number of nitrogens with zero attached hydrogens (tertiary/aromatic N) is 1. The molecular formula is C26H29NO3S2. The molecule has 4 nitrogen and oxygen atoms in total. The molecule has 0 N–H and O–H groups in total. The molecule has 1 saturated heterocycles. The van der Waals surface area contributed by atoms with Gasteiger partial charge >= 0.3 is 0 Å². The van der Waals surface area contributed by atoms with Crippen LogP contribution in [-0.4, -0.2) is 34.9 Å². The number of aryl methyl sites for hydroxylation is 1. The van der Waals surface area contributed by atoms with Gasteiger partial charge in [0.05, 0.1) is 18.1 Å². The van der Waals surface area contributed by atoms with Crippen LogP contribution < -0.4 is 9.47 Å². The highest BCUT2D eigenvalue weighted by atomic mass is 32.2. The fourth-order valence-corrected chi connectivity index (χ4v) is 4.55. The fraction of sp³-hybridized carbons (Fsp3) is 0.308. The van der Waals surface area contributed by atoms with Crippen LogP contribution in [0.2, 0.25) is 0 Å². The molecule has 0 aromatic heterocycles. The highest BCUT2D eigenvalue weighted by Gasteiger charge is 2.30. The normalized spacial score (nSPS) is 15.0. The highest BCUT2D eigenvalue weighted by Crippen LogP contribution is 2.32. The van der Waals surface area contributed by atoms with Gasteiger partial charge in [-0.2, -0.15) is 0 Å². The topological polar surface area (TPSA) is 38.8 Å². The Bertz CT molecular complexity index is 1010. The molecular weight excluding hydrogens is 438 g/mol. The van der Waals surface area contributed by atoms with E-state index in [0.29, 0.717) is 34.9 Å². The molecule has 1 aliphatic heterocycles. The number of rotatable bonds is 10. The number of thioether (sulfide) groups is 1. The van der Waals surface area contributed by atoms with Crippen LogP contribution in [0, 0.1) is 6.92 Å². The number of hydrogen-bond acceptors (Lipinski definition) is 5. The van der Waals surface area contributed by atoms with Crippen molar-refractivity contribution in [1.82, 2.24) is 4.90 Å². The van der Waals surface area contributed by atoms with Crippen LogP contribution in [0.15, 0.2) is 60.0 Å². The molecule has 0 atom stereocenters. The maximum absolute atomic E-state index is 12.4. The van der Waals surface area contributed by atoms with Crippen molar-refractivity contribution in [2.45, 2.75) is 33.1 Å². The predicted octanol–water partition coefficient (Wildman–Crippen LogP) is 6.35. The second kappa shape index (κ2) is 11.3. The minimum absolute atomic E-state index is 0.0746. The Labute approximate surface area is 200 Å². The molecule has 6 heteroatoms.